The highest BCUT2D eigenvalue weighted by atomic mass is 79.9. The van der Waals surface area contributed by atoms with Gasteiger partial charge in [-0.25, -0.2) is 0 Å². The third-order valence-electron chi connectivity index (χ3n) is 3.65. The van der Waals surface area contributed by atoms with Crippen LogP contribution >= 0.6 is 39.1 Å². The first-order valence-corrected chi connectivity index (χ1v) is 8.03. The van der Waals surface area contributed by atoms with Crippen LogP contribution in [0.15, 0.2) is 36.4 Å². The number of halogens is 3. The second-order valence-electron chi connectivity index (χ2n) is 4.91. The van der Waals surface area contributed by atoms with Gasteiger partial charge in [0.15, 0.2) is 0 Å². The van der Waals surface area contributed by atoms with Crippen molar-refractivity contribution >= 4 is 39.1 Å². The summed E-state index contributed by atoms with van der Waals surface area (Å²) in [6.45, 7) is 0. The molecule has 1 aliphatic rings. The zero-order valence-corrected chi connectivity index (χ0v) is 13.4. The molecule has 0 N–H and O–H groups in total. The van der Waals surface area contributed by atoms with Crippen molar-refractivity contribution in [3.8, 4) is 0 Å². The molecule has 98 valence electrons. The Labute approximate surface area is 131 Å². The van der Waals surface area contributed by atoms with E-state index in [1.807, 2.05) is 12.1 Å². The van der Waals surface area contributed by atoms with Gasteiger partial charge in [0.05, 0.1) is 4.83 Å². The van der Waals surface area contributed by atoms with Gasteiger partial charge in [-0.15, -0.1) is 0 Å². The molecule has 0 nitrogen and oxygen atoms in total. The van der Waals surface area contributed by atoms with Crippen molar-refractivity contribution in [1.29, 1.82) is 0 Å². The topological polar surface area (TPSA) is 0 Å². The third kappa shape index (κ3) is 2.69. The van der Waals surface area contributed by atoms with Crippen LogP contribution in [0.4, 0.5) is 0 Å². The molecule has 0 aliphatic heterocycles. The first-order valence-electron chi connectivity index (χ1n) is 6.36. The molecule has 0 amide bonds. The lowest BCUT2D eigenvalue weighted by Crippen LogP contribution is -1.95. The first kappa shape index (κ1) is 13.5. The summed E-state index contributed by atoms with van der Waals surface area (Å²) in [4.78, 5) is 0.114. The van der Waals surface area contributed by atoms with E-state index in [4.69, 9.17) is 23.2 Å². The van der Waals surface area contributed by atoms with Gasteiger partial charge in [0.1, 0.15) is 0 Å². The SMILES string of the molecule is Clc1ccc(C(Br)c2ccc3c(c2)CCC3)c(Cl)c1. The number of rotatable bonds is 2. The van der Waals surface area contributed by atoms with Gasteiger partial charge in [0.2, 0.25) is 0 Å². The van der Waals surface area contributed by atoms with E-state index >= 15 is 0 Å². The molecule has 0 aromatic heterocycles. The van der Waals surface area contributed by atoms with Crippen molar-refractivity contribution in [3.05, 3.63) is 68.7 Å². The molecule has 0 spiro atoms. The fourth-order valence-electron chi connectivity index (χ4n) is 2.64. The minimum Gasteiger partial charge on any atom is -0.0843 e. The average Bonchev–Trinajstić information content (AvgIpc) is 2.85. The Kier molecular flexibility index (Phi) is 3.88. The summed E-state index contributed by atoms with van der Waals surface area (Å²) >= 11 is 16.0. The van der Waals surface area contributed by atoms with E-state index in [0.717, 1.165) is 5.56 Å². The van der Waals surface area contributed by atoms with Gasteiger partial charge >= 0.3 is 0 Å². The van der Waals surface area contributed by atoms with E-state index in [0.29, 0.717) is 10.0 Å². The maximum atomic E-state index is 6.28. The molecule has 3 heteroatoms. The molecule has 1 atom stereocenters. The van der Waals surface area contributed by atoms with Gasteiger partial charge in [0.25, 0.3) is 0 Å². The van der Waals surface area contributed by atoms with Crippen molar-refractivity contribution in [3.63, 3.8) is 0 Å². The van der Waals surface area contributed by atoms with E-state index < -0.39 is 0 Å². The zero-order valence-electron chi connectivity index (χ0n) is 10.3. The van der Waals surface area contributed by atoms with Gasteiger partial charge in [-0.05, 0) is 53.6 Å². The minimum atomic E-state index is 0.114. The summed E-state index contributed by atoms with van der Waals surface area (Å²) in [6, 6.07) is 12.4. The van der Waals surface area contributed by atoms with Crippen molar-refractivity contribution < 1.29 is 0 Å². The van der Waals surface area contributed by atoms with E-state index in [2.05, 4.69) is 34.1 Å². The number of aryl methyl sites for hydroxylation is 2. The number of fused-ring (bicyclic) bond motifs is 1. The van der Waals surface area contributed by atoms with Crippen molar-refractivity contribution in [1.82, 2.24) is 0 Å². The molecule has 0 saturated carbocycles. The predicted molar refractivity (Wildman–Crippen MR) is 85.7 cm³/mol. The average molecular weight is 356 g/mol. The molecule has 1 aliphatic carbocycles. The number of benzene rings is 2. The Morgan fingerprint density at radius 1 is 0.947 bits per heavy atom. The van der Waals surface area contributed by atoms with Crippen LogP contribution in [0.3, 0.4) is 0 Å². The van der Waals surface area contributed by atoms with Crippen LogP contribution in [0, 0.1) is 0 Å². The molecule has 0 fully saturated rings. The minimum absolute atomic E-state index is 0.114. The number of alkyl halides is 1. The Morgan fingerprint density at radius 2 is 1.74 bits per heavy atom. The van der Waals surface area contributed by atoms with E-state index in [9.17, 15) is 0 Å². The van der Waals surface area contributed by atoms with Crippen LogP contribution in [0.5, 0.6) is 0 Å². The lowest BCUT2D eigenvalue weighted by atomic mass is 10.0. The highest BCUT2D eigenvalue weighted by Gasteiger charge is 2.17. The van der Waals surface area contributed by atoms with Crippen LogP contribution in [0.1, 0.15) is 33.5 Å². The second kappa shape index (κ2) is 5.47. The molecule has 0 radical (unpaired) electrons. The predicted octanol–water partition coefficient (Wildman–Crippen LogP) is 5.97. The first-order chi connectivity index (χ1) is 9.15. The maximum Gasteiger partial charge on any atom is 0.0659 e. The normalized spacial score (nSPS) is 15.3. The summed E-state index contributed by atoms with van der Waals surface area (Å²) in [6.07, 6.45) is 3.68. The van der Waals surface area contributed by atoms with E-state index in [-0.39, 0.29) is 4.83 Å². The van der Waals surface area contributed by atoms with Gasteiger partial charge in [0, 0.05) is 10.0 Å². The van der Waals surface area contributed by atoms with Crippen molar-refractivity contribution in [2.75, 3.05) is 0 Å². The molecule has 0 saturated heterocycles. The summed E-state index contributed by atoms with van der Waals surface area (Å²) in [5.41, 5.74) is 5.28. The highest BCUT2D eigenvalue weighted by Crippen LogP contribution is 2.37. The second-order valence-corrected chi connectivity index (χ2v) is 6.67. The lowest BCUT2D eigenvalue weighted by Gasteiger charge is -2.14. The van der Waals surface area contributed by atoms with Crippen LogP contribution in [0.2, 0.25) is 10.0 Å². The zero-order chi connectivity index (χ0) is 13.4. The largest absolute Gasteiger partial charge is 0.0843 e. The standard InChI is InChI=1S/C16H13BrCl2/c17-16(14-7-6-13(18)9-15(14)19)12-5-4-10-2-1-3-11(10)8-12/h4-9,16H,1-3H2. The van der Waals surface area contributed by atoms with E-state index in [1.54, 1.807) is 6.07 Å². The van der Waals surface area contributed by atoms with Crippen molar-refractivity contribution in [2.24, 2.45) is 0 Å². The maximum absolute atomic E-state index is 6.28. The number of hydrogen-bond donors (Lipinski definition) is 0. The molecule has 1 unspecified atom stereocenters. The molecule has 19 heavy (non-hydrogen) atoms. The van der Waals surface area contributed by atoms with Gasteiger partial charge < -0.3 is 0 Å². The summed E-state index contributed by atoms with van der Waals surface area (Å²) in [5, 5.41) is 1.37. The van der Waals surface area contributed by atoms with Crippen LogP contribution in [-0.2, 0) is 12.8 Å². The summed E-state index contributed by atoms with van der Waals surface area (Å²) in [7, 11) is 0. The van der Waals surface area contributed by atoms with Gasteiger partial charge in [-0.1, -0.05) is 63.4 Å². The number of hydrogen-bond acceptors (Lipinski definition) is 0. The van der Waals surface area contributed by atoms with Crippen LogP contribution < -0.4 is 0 Å². The van der Waals surface area contributed by atoms with Crippen LogP contribution in [0.25, 0.3) is 0 Å². The monoisotopic (exact) mass is 354 g/mol. The smallest absolute Gasteiger partial charge is 0.0659 e. The molecule has 3 rings (SSSR count). The fourth-order valence-corrected chi connectivity index (χ4v) is 3.97. The van der Waals surface area contributed by atoms with Crippen molar-refractivity contribution in [2.45, 2.75) is 24.1 Å². The molecule has 0 heterocycles. The quantitative estimate of drug-likeness (QED) is 0.582. The lowest BCUT2D eigenvalue weighted by molar-refractivity contribution is 0.911. The Balaban J connectivity index is 1.97. The van der Waals surface area contributed by atoms with Gasteiger partial charge in [-0.3, -0.25) is 0 Å². The molecular weight excluding hydrogens is 343 g/mol. The molecule has 0 bridgehead atoms. The molecular formula is C16H13BrCl2. The molecule has 2 aromatic rings. The molecule has 2 aromatic carbocycles. The summed E-state index contributed by atoms with van der Waals surface area (Å²) in [5.74, 6) is 0. The highest BCUT2D eigenvalue weighted by molar-refractivity contribution is 9.09. The van der Waals surface area contributed by atoms with E-state index in [1.165, 1.54) is 36.0 Å². The third-order valence-corrected chi connectivity index (χ3v) is 5.24. The Bertz CT molecular complexity index is 622. The Morgan fingerprint density at radius 3 is 2.53 bits per heavy atom. The fraction of sp³-hybridized carbons (Fsp3) is 0.250. The summed E-state index contributed by atoms with van der Waals surface area (Å²) < 4.78 is 0. The van der Waals surface area contributed by atoms with Crippen LogP contribution in [-0.4, -0.2) is 0 Å². The Hall–Kier alpha value is -0.500. The van der Waals surface area contributed by atoms with Gasteiger partial charge in [-0.2, -0.15) is 0 Å².